The first-order valence-corrected chi connectivity index (χ1v) is 6.57. The number of halogens is 1. The summed E-state index contributed by atoms with van der Waals surface area (Å²) in [6.45, 7) is 4.63. The van der Waals surface area contributed by atoms with Crippen LogP contribution in [0.3, 0.4) is 0 Å². The first-order chi connectivity index (χ1) is 9.06. The molecule has 2 rings (SSSR count). The summed E-state index contributed by atoms with van der Waals surface area (Å²) in [4.78, 5) is 4.15. The Morgan fingerprint density at radius 1 is 1.16 bits per heavy atom. The minimum absolute atomic E-state index is 0.310. The highest BCUT2D eigenvalue weighted by atomic mass is 35.5. The number of nitrogen functional groups attached to an aromatic ring is 1. The lowest BCUT2D eigenvalue weighted by atomic mass is 10.0. The molecule has 19 heavy (non-hydrogen) atoms. The van der Waals surface area contributed by atoms with Crippen LogP contribution in [0.1, 0.15) is 31.0 Å². The molecule has 0 bridgehead atoms. The Morgan fingerprint density at radius 3 is 2.47 bits per heavy atom. The van der Waals surface area contributed by atoms with Crippen LogP contribution in [0.4, 0.5) is 5.82 Å². The lowest BCUT2D eigenvalue weighted by Crippen LogP contribution is -2.02. The molecule has 0 atom stereocenters. The number of pyridine rings is 1. The standard InChI is InChI=1S/C15H17ClN2O/c1-10(2)11-3-5-12(6-4-11)19-9-14-13(16)7-8-15(17)18-14/h3-8,10H,9H2,1-2H3,(H2,17,18). The van der Waals surface area contributed by atoms with Gasteiger partial charge in [-0.3, -0.25) is 0 Å². The average molecular weight is 277 g/mol. The molecule has 2 aromatic rings. The summed E-state index contributed by atoms with van der Waals surface area (Å²) in [6.07, 6.45) is 0. The van der Waals surface area contributed by atoms with Gasteiger partial charge in [0.2, 0.25) is 0 Å². The number of rotatable bonds is 4. The van der Waals surface area contributed by atoms with Crippen molar-refractivity contribution in [2.45, 2.75) is 26.4 Å². The van der Waals surface area contributed by atoms with E-state index in [4.69, 9.17) is 22.1 Å². The summed E-state index contributed by atoms with van der Waals surface area (Å²) in [5, 5.41) is 0.563. The molecule has 0 saturated heterocycles. The predicted octanol–water partition coefficient (Wildman–Crippen LogP) is 4.02. The molecule has 3 nitrogen and oxygen atoms in total. The molecule has 1 aromatic heterocycles. The van der Waals surface area contributed by atoms with E-state index < -0.39 is 0 Å². The van der Waals surface area contributed by atoms with E-state index in [-0.39, 0.29) is 0 Å². The maximum Gasteiger partial charge on any atom is 0.132 e. The van der Waals surface area contributed by atoms with Gasteiger partial charge in [-0.05, 0) is 35.7 Å². The molecule has 0 spiro atoms. The zero-order valence-corrected chi connectivity index (χ0v) is 11.8. The summed E-state index contributed by atoms with van der Waals surface area (Å²) >= 11 is 6.03. The lowest BCUT2D eigenvalue weighted by molar-refractivity contribution is 0.301. The molecule has 1 aromatic carbocycles. The number of ether oxygens (including phenoxy) is 1. The highest BCUT2D eigenvalue weighted by molar-refractivity contribution is 6.31. The smallest absolute Gasteiger partial charge is 0.132 e. The molecular weight excluding hydrogens is 260 g/mol. The van der Waals surface area contributed by atoms with Crippen molar-refractivity contribution in [1.29, 1.82) is 0 Å². The van der Waals surface area contributed by atoms with E-state index >= 15 is 0 Å². The van der Waals surface area contributed by atoms with Gasteiger partial charge in [0.25, 0.3) is 0 Å². The van der Waals surface area contributed by atoms with Crippen LogP contribution in [0.25, 0.3) is 0 Å². The van der Waals surface area contributed by atoms with Crippen LogP contribution in [-0.4, -0.2) is 4.98 Å². The van der Waals surface area contributed by atoms with Gasteiger partial charge in [-0.15, -0.1) is 0 Å². The summed E-state index contributed by atoms with van der Waals surface area (Å²) in [5.41, 5.74) is 7.56. The number of anilines is 1. The van der Waals surface area contributed by atoms with E-state index in [1.807, 2.05) is 12.1 Å². The van der Waals surface area contributed by atoms with Crippen molar-refractivity contribution in [3.05, 3.63) is 52.7 Å². The molecule has 0 aliphatic rings. The number of nitrogens with two attached hydrogens (primary N) is 1. The molecule has 0 aliphatic carbocycles. The van der Waals surface area contributed by atoms with Crippen molar-refractivity contribution in [2.75, 3.05) is 5.73 Å². The minimum Gasteiger partial charge on any atom is -0.487 e. The van der Waals surface area contributed by atoms with E-state index in [0.29, 0.717) is 29.1 Å². The largest absolute Gasteiger partial charge is 0.487 e. The van der Waals surface area contributed by atoms with Crippen LogP contribution in [0.2, 0.25) is 5.02 Å². The Balaban J connectivity index is 2.04. The quantitative estimate of drug-likeness (QED) is 0.917. The molecule has 4 heteroatoms. The van der Waals surface area contributed by atoms with Gasteiger partial charge in [0.15, 0.2) is 0 Å². The Kier molecular flexibility index (Phi) is 4.27. The van der Waals surface area contributed by atoms with Gasteiger partial charge in [-0.1, -0.05) is 37.6 Å². The molecule has 0 fully saturated rings. The third-order valence-electron chi connectivity index (χ3n) is 2.86. The van der Waals surface area contributed by atoms with Gasteiger partial charge >= 0.3 is 0 Å². The normalized spacial score (nSPS) is 10.7. The highest BCUT2D eigenvalue weighted by Gasteiger charge is 2.04. The fraction of sp³-hybridized carbons (Fsp3) is 0.267. The average Bonchev–Trinajstić information content (AvgIpc) is 2.40. The number of hydrogen-bond acceptors (Lipinski definition) is 3. The van der Waals surface area contributed by atoms with Crippen LogP contribution in [0.15, 0.2) is 36.4 Å². The zero-order chi connectivity index (χ0) is 13.8. The van der Waals surface area contributed by atoms with E-state index in [1.54, 1.807) is 12.1 Å². The van der Waals surface area contributed by atoms with Crippen molar-refractivity contribution >= 4 is 17.4 Å². The zero-order valence-electron chi connectivity index (χ0n) is 11.1. The number of benzene rings is 1. The lowest BCUT2D eigenvalue weighted by Gasteiger charge is -2.09. The topological polar surface area (TPSA) is 48.1 Å². The Morgan fingerprint density at radius 2 is 1.84 bits per heavy atom. The molecule has 0 amide bonds. The fourth-order valence-electron chi connectivity index (χ4n) is 1.70. The summed E-state index contributed by atoms with van der Waals surface area (Å²) in [7, 11) is 0. The monoisotopic (exact) mass is 276 g/mol. The van der Waals surface area contributed by atoms with Gasteiger partial charge in [0.1, 0.15) is 18.2 Å². The SMILES string of the molecule is CC(C)c1ccc(OCc2nc(N)ccc2Cl)cc1. The molecule has 2 N–H and O–H groups in total. The molecular formula is C15H17ClN2O. The summed E-state index contributed by atoms with van der Waals surface area (Å²) < 4.78 is 5.66. The second kappa shape index (κ2) is 5.93. The third-order valence-corrected chi connectivity index (χ3v) is 3.21. The Labute approximate surface area is 118 Å². The number of nitrogens with zero attached hydrogens (tertiary/aromatic N) is 1. The maximum absolute atomic E-state index is 6.03. The number of aromatic nitrogens is 1. The van der Waals surface area contributed by atoms with Crippen molar-refractivity contribution in [2.24, 2.45) is 0 Å². The summed E-state index contributed by atoms with van der Waals surface area (Å²) in [5.74, 6) is 1.75. The van der Waals surface area contributed by atoms with Crippen LogP contribution >= 0.6 is 11.6 Å². The van der Waals surface area contributed by atoms with Crippen LogP contribution in [0.5, 0.6) is 5.75 Å². The molecule has 0 radical (unpaired) electrons. The Hall–Kier alpha value is -1.74. The van der Waals surface area contributed by atoms with E-state index in [1.165, 1.54) is 5.56 Å². The highest BCUT2D eigenvalue weighted by Crippen LogP contribution is 2.21. The van der Waals surface area contributed by atoms with Gasteiger partial charge in [0.05, 0.1) is 10.7 Å². The second-order valence-corrected chi connectivity index (χ2v) is 5.08. The first kappa shape index (κ1) is 13.7. The van der Waals surface area contributed by atoms with E-state index in [9.17, 15) is 0 Å². The molecule has 0 saturated carbocycles. The van der Waals surface area contributed by atoms with Gasteiger partial charge in [-0.2, -0.15) is 0 Å². The summed E-state index contributed by atoms with van der Waals surface area (Å²) in [6, 6.07) is 11.4. The Bertz CT molecular complexity index is 553. The first-order valence-electron chi connectivity index (χ1n) is 6.20. The van der Waals surface area contributed by atoms with Crippen molar-refractivity contribution < 1.29 is 4.74 Å². The van der Waals surface area contributed by atoms with E-state index in [0.717, 1.165) is 5.75 Å². The van der Waals surface area contributed by atoms with Crippen LogP contribution in [0, 0.1) is 0 Å². The van der Waals surface area contributed by atoms with E-state index in [2.05, 4.69) is 31.0 Å². The second-order valence-electron chi connectivity index (χ2n) is 4.68. The third kappa shape index (κ3) is 3.61. The van der Waals surface area contributed by atoms with Crippen molar-refractivity contribution in [3.8, 4) is 5.75 Å². The van der Waals surface area contributed by atoms with Gasteiger partial charge in [0, 0.05) is 0 Å². The van der Waals surface area contributed by atoms with Gasteiger partial charge < -0.3 is 10.5 Å². The molecule has 1 heterocycles. The van der Waals surface area contributed by atoms with Gasteiger partial charge in [-0.25, -0.2) is 4.98 Å². The van der Waals surface area contributed by atoms with Crippen LogP contribution in [-0.2, 0) is 6.61 Å². The van der Waals surface area contributed by atoms with Crippen molar-refractivity contribution in [3.63, 3.8) is 0 Å². The molecule has 100 valence electrons. The molecule has 0 aliphatic heterocycles. The maximum atomic E-state index is 6.03. The van der Waals surface area contributed by atoms with Crippen LogP contribution < -0.4 is 10.5 Å². The minimum atomic E-state index is 0.310. The van der Waals surface area contributed by atoms with Crippen molar-refractivity contribution in [1.82, 2.24) is 4.98 Å². The fourth-order valence-corrected chi connectivity index (χ4v) is 1.86. The predicted molar refractivity (Wildman–Crippen MR) is 78.5 cm³/mol. The number of hydrogen-bond donors (Lipinski definition) is 1. The molecule has 0 unspecified atom stereocenters.